The van der Waals surface area contributed by atoms with E-state index >= 15 is 0 Å². The Morgan fingerprint density at radius 2 is 1.75 bits per heavy atom. The van der Waals surface area contributed by atoms with E-state index in [9.17, 15) is 4.79 Å². The van der Waals surface area contributed by atoms with Gasteiger partial charge in [-0.3, -0.25) is 4.79 Å². The number of fused-ring (bicyclic) bond motifs is 1. The SMILES string of the molecule is CC(C)c1ccc(-c2cc(C(=O)NN=C3CCCC3)c3ccccc3n2)cc1. The van der Waals surface area contributed by atoms with E-state index in [1.807, 2.05) is 30.3 Å². The molecule has 1 heterocycles. The van der Waals surface area contributed by atoms with Crippen LogP contribution in [0.25, 0.3) is 22.2 Å². The van der Waals surface area contributed by atoms with Crippen LogP contribution >= 0.6 is 0 Å². The van der Waals surface area contributed by atoms with Gasteiger partial charge in [0, 0.05) is 16.7 Å². The number of nitrogens with one attached hydrogen (secondary N) is 1. The predicted molar refractivity (Wildman–Crippen MR) is 115 cm³/mol. The molecule has 0 radical (unpaired) electrons. The van der Waals surface area contributed by atoms with Crippen molar-refractivity contribution in [3.63, 3.8) is 0 Å². The van der Waals surface area contributed by atoms with E-state index in [1.54, 1.807) is 0 Å². The van der Waals surface area contributed by atoms with Gasteiger partial charge in [0.2, 0.25) is 0 Å². The third-order valence-corrected chi connectivity index (χ3v) is 5.33. The summed E-state index contributed by atoms with van der Waals surface area (Å²) >= 11 is 0. The molecular weight excluding hydrogens is 346 g/mol. The number of carbonyl (C=O) groups excluding carboxylic acids is 1. The van der Waals surface area contributed by atoms with Crippen LogP contribution in [0.1, 0.15) is 61.4 Å². The van der Waals surface area contributed by atoms with E-state index in [4.69, 9.17) is 4.98 Å². The molecule has 0 saturated heterocycles. The first-order chi connectivity index (χ1) is 13.6. The summed E-state index contributed by atoms with van der Waals surface area (Å²) in [6, 6.07) is 18.0. The van der Waals surface area contributed by atoms with Crippen molar-refractivity contribution in [2.24, 2.45) is 5.10 Å². The van der Waals surface area contributed by atoms with Gasteiger partial charge in [-0.05, 0) is 49.3 Å². The second-order valence-electron chi connectivity index (χ2n) is 7.67. The molecule has 1 fully saturated rings. The van der Waals surface area contributed by atoms with Crippen molar-refractivity contribution >= 4 is 22.5 Å². The van der Waals surface area contributed by atoms with Gasteiger partial charge in [-0.25, -0.2) is 10.4 Å². The second kappa shape index (κ2) is 7.93. The Labute approximate surface area is 165 Å². The average molecular weight is 371 g/mol. The van der Waals surface area contributed by atoms with Crippen molar-refractivity contribution in [3.8, 4) is 11.3 Å². The molecule has 28 heavy (non-hydrogen) atoms. The van der Waals surface area contributed by atoms with Gasteiger partial charge in [-0.15, -0.1) is 0 Å². The van der Waals surface area contributed by atoms with E-state index in [0.29, 0.717) is 11.5 Å². The molecule has 142 valence electrons. The van der Waals surface area contributed by atoms with Crippen LogP contribution in [0.4, 0.5) is 0 Å². The number of nitrogens with zero attached hydrogens (tertiary/aromatic N) is 2. The first kappa shape index (κ1) is 18.4. The standard InChI is InChI=1S/C24H25N3O/c1-16(2)17-11-13-18(14-12-17)23-15-21(20-9-5-6-10-22(20)25-23)24(28)27-26-19-7-3-4-8-19/h5-6,9-16H,3-4,7-8H2,1-2H3,(H,27,28). The number of pyridine rings is 1. The highest BCUT2D eigenvalue weighted by molar-refractivity contribution is 6.07. The lowest BCUT2D eigenvalue weighted by Gasteiger charge is -2.10. The van der Waals surface area contributed by atoms with Gasteiger partial charge in [0.15, 0.2) is 0 Å². The number of hydrogen-bond acceptors (Lipinski definition) is 3. The normalized spacial score (nSPS) is 13.9. The first-order valence-electron chi connectivity index (χ1n) is 9.98. The first-order valence-corrected chi connectivity index (χ1v) is 9.98. The largest absolute Gasteiger partial charge is 0.272 e. The Hall–Kier alpha value is -3.01. The highest BCUT2D eigenvalue weighted by Gasteiger charge is 2.15. The molecule has 4 heteroatoms. The van der Waals surface area contributed by atoms with Gasteiger partial charge in [-0.2, -0.15) is 5.10 Å². The number of aromatic nitrogens is 1. The number of hydrazone groups is 1. The van der Waals surface area contributed by atoms with Crippen molar-refractivity contribution in [3.05, 3.63) is 65.7 Å². The summed E-state index contributed by atoms with van der Waals surface area (Å²) in [4.78, 5) is 17.7. The lowest BCUT2D eigenvalue weighted by Crippen LogP contribution is -2.19. The quantitative estimate of drug-likeness (QED) is 0.599. The summed E-state index contributed by atoms with van der Waals surface area (Å²) in [6.45, 7) is 4.36. The molecular formula is C24H25N3O. The molecule has 1 saturated carbocycles. The van der Waals surface area contributed by atoms with Gasteiger partial charge < -0.3 is 0 Å². The molecule has 2 aromatic carbocycles. The Morgan fingerprint density at radius 1 is 1.04 bits per heavy atom. The third kappa shape index (κ3) is 3.81. The fraction of sp³-hybridized carbons (Fsp3) is 0.292. The van der Waals surface area contributed by atoms with E-state index < -0.39 is 0 Å². The molecule has 4 rings (SSSR count). The summed E-state index contributed by atoms with van der Waals surface area (Å²) in [6.07, 6.45) is 4.27. The maximum absolute atomic E-state index is 12.9. The van der Waals surface area contributed by atoms with Gasteiger partial charge in [0.25, 0.3) is 5.91 Å². The van der Waals surface area contributed by atoms with Crippen LogP contribution < -0.4 is 5.43 Å². The Balaban J connectivity index is 1.72. The monoisotopic (exact) mass is 371 g/mol. The smallest absolute Gasteiger partial charge is 0.267 e. The molecule has 4 nitrogen and oxygen atoms in total. The molecule has 1 aliphatic carbocycles. The molecule has 0 atom stereocenters. The lowest BCUT2D eigenvalue weighted by molar-refractivity contribution is 0.0956. The van der Waals surface area contributed by atoms with Crippen molar-refractivity contribution in [2.45, 2.75) is 45.4 Å². The molecule has 0 unspecified atom stereocenters. The van der Waals surface area contributed by atoms with Crippen LogP contribution in [0.3, 0.4) is 0 Å². The zero-order valence-electron chi connectivity index (χ0n) is 16.4. The fourth-order valence-electron chi connectivity index (χ4n) is 3.63. The summed E-state index contributed by atoms with van der Waals surface area (Å²) < 4.78 is 0. The van der Waals surface area contributed by atoms with E-state index in [0.717, 1.165) is 53.6 Å². The summed E-state index contributed by atoms with van der Waals surface area (Å²) in [5, 5.41) is 5.18. The van der Waals surface area contributed by atoms with E-state index in [-0.39, 0.29) is 5.91 Å². The molecule has 1 aliphatic rings. The summed E-state index contributed by atoms with van der Waals surface area (Å²) in [5.74, 6) is 0.299. The van der Waals surface area contributed by atoms with Crippen molar-refractivity contribution < 1.29 is 4.79 Å². The molecule has 1 amide bonds. The topological polar surface area (TPSA) is 54.4 Å². The number of carbonyl (C=O) groups is 1. The number of hydrogen-bond donors (Lipinski definition) is 1. The van der Waals surface area contributed by atoms with E-state index in [2.05, 4.69) is 48.6 Å². The number of rotatable bonds is 4. The van der Waals surface area contributed by atoms with Crippen LogP contribution in [0.2, 0.25) is 0 Å². The number of benzene rings is 2. The zero-order valence-corrected chi connectivity index (χ0v) is 16.4. The molecule has 0 spiro atoms. The van der Waals surface area contributed by atoms with Gasteiger partial charge in [0.1, 0.15) is 0 Å². The predicted octanol–water partition coefficient (Wildman–Crippen LogP) is 5.69. The second-order valence-corrected chi connectivity index (χ2v) is 7.67. The molecule has 1 aromatic heterocycles. The van der Waals surface area contributed by atoms with Crippen molar-refractivity contribution in [1.29, 1.82) is 0 Å². The summed E-state index contributed by atoms with van der Waals surface area (Å²) in [7, 11) is 0. The van der Waals surface area contributed by atoms with Crippen LogP contribution in [-0.4, -0.2) is 16.6 Å². The molecule has 1 N–H and O–H groups in total. The molecule has 0 aliphatic heterocycles. The highest BCUT2D eigenvalue weighted by Crippen LogP contribution is 2.26. The van der Waals surface area contributed by atoms with Gasteiger partial charge in [0.05, 0.1) is 16.8 Å². The average Bonchev–Trinajstić information content (AvgIpc) is 3.25. The minimum atomic E-state index is -0.182. The Morgan fingerprint density at radius 3 is 2.46 bits per heavy atom. The maximum Gasteiger partial charge on any atom is 0.272 e. The van der Waals surface area contributed by atoms with Gasteiger partial charge in [-0.1, -0.05) is 56.3 Å². The Bertz CT molecular complexity index is 1030. The van der Waals surface area contributed by atoms with Gasteiger partial charge >= 0.3 is 0 Å². The van der Waals surface area contributed by atoms with Crippen molar-refractivity contribution in [2.75, 3.05) is 0 Å². The third-order valence-electron chi connectivity index (χ3n) is 5.33. The van der Waals surface area contributed by atoms with Crippen LogP contribution in [0, 0.1) is 0 Å². The molecule has 3 aromatic rings. The number of amides is 1. The van der Waals surface area contributed by atoms with Crippen LogP contribution in [-0.2, 0) is 0 Å². The van der Waals surface area contributed by atoms with Crippen molar-refractivity contribution in [1.82, 2.24) is 10.4 Å². The number of para-hydroxylation sites is 1. The van der Waals surface area contributed by atoms with Crippen LogP contribution in [0.15, 0.2) is 59.7 Å². The molecule has 0 bridgehead atoms. The minimum Gasteiger partial charge on any atom is -0.267 e. The zero-order chi connectivity index (χ0) is 19.5. The highest BCUT2D eigenvalue weighted by atomic mass is 16.2. The Kier molecular flexibility index (Phi) is 5.20. The summed E-state index contributed by atoms with van der Waals surface area (Å²) in [5.41, 5.74) is 8.35. The minimum absolute atomic E-state index is 0.182. The maximum atomic E-state index is 12.9. The fourth-order valence-corrected chi connectivity index (χ4v) is 3.63. The lowest BCUT2D eigenvalue weighted by atomic mass is 9.99. The van der Waals surface area contributed by atoms with Crippen LogP contribution in [0.5, 0.6) is 0 Å². The van der Waals surface area contributed by atoms with E-state index in [1.165, 1.54) is 5.56 Å².